The minimum absolute atomic E-state index is 0.111. The first-order valence-electron chi connectivity index (χ1n) is 5.55. The largest absolute Gasteiger partial charge is 0.481 e. The zero-order chi connectivity index (χ0) is 13.0. The van der Waals surface area contributed by atoms with Gasteiger partial charge in [0.2, 0.25) is 5.76 Å². The number of furan rings is 1. The van der Waals surface area contributed by atoms with E-state index < -0.39 is 5.97 Å². The molecule has 2 aromatic heterocycles. The molecule has 18 heavy (non-hydrogen) atoms. The maximum atomic E-state index is 10.4. The zero-order valence-corrected chi connectivity index (χ0v) is 10.00. The highest BCUT2D eigenvalue weighted by Crippen LogP contribution is 2.20. The molecule has 0 unspecified atom stereocenters. The molecule has 0 aliphatic heterocycles. The summed E-state index contributed by atoms with van der Waals surface area (Å²) in [5.41, 5.74) is 0.745. The molecule has 0 saturated carbocycles. The van der Waals surface area contributed by atoms with Crippen molar-refractivity contribution in [2.75, 3.05) is 13.6 Å². The number of carbonyl (C=O) groups is 1. The minimum atomic E-state index is -0.807. The van der Waals surface area contributed by atoms with E-state index >= 15 is 0 Å². The first kappa shape index (κ1) is 12.4. The zero-order valence-electron chi connectivity index (χ0n) is 10.00. The van der Waals surface area contributed by atoms with Gasteiger partial charge in [0, 0.05) is 19.2 Å². The summed E-state index contributed by atoms with van der Waals surface area (Å²) in [4.78, 5) is 12.3. The highest BCUT2D eigenvalue weighted by atomic mass is 16.5. The van der Waals surface area contributed by atoms with Crippen LogP contribution in [-0.4, -0.2) is 34.7 Å². The molecule has 0 amide bonds. The molecule has 0 saturated heterocycles. The number of rotatable bonds is 6. The Balaban J connectivity index is 1.92. The van der Waals surface area contributed by atoms with Crippen molar-refractivity contribution in [1.82, 2.24) is 10.1 Å². The molecule has 2 heterocycles. The summed E-state index contributed by atoms with van der Waals surface area (Å²) in [6.45, 7) is 1.01. The van der Waals surface area contributed by atoms with Crippen molar-refractivity contribution >= 4 is 5.97 Å². The summed E-state index contributed by atoms with van der Waals surface area (Å²) in [6, 6.07) is 5.35. The average Bonchev–Trinajstić information content (AvgIpc) is 2.95. The number of aromatic nitrogens is 1. The Hall–Kier alpha value is -2.08. The van der Waals surface area contributed by atoms with E-state index in [1.54, 1.807) is 24.5 Å². The van der Waals surface area contributed by atoms with E-state index in [9.17, 15) is 4.79 Å². The van der Waals surface area contributed by atoms with Crippen LogP contribution in [0.15, 0.2) is 33.4 Å². The van der Waals surface area contributed by atoms with Gasteiger partial charge in [-0.2, -0.15) is 0 Å². The second-order valence-electron chi connectivity index (χ2n) is 4.04. The van der Waals surface area contributed by atoms with Crippen molar-refractivity contribution < 1.29 is 18.8 Å². The average molecular weight is 250 g/mol. The second-order valence-corrected chi connectivity index (χ2v) is 4.04. The number of hydrogen-bond donors (Lipinski definition) is 1. The monoisotopic (exact) mass is 250 g/mol. The minimum Gasteiger partial charge on any atom is -0.481 e. The van der Waals surface area contributed by atoms with Crippen molar-refractivity contribution in [3.05, 3.63) is 30.2 Å². The van der Waals surface area contributed by atoms with Gasteiger partial charge >= 0.3 is 5.97 Å². The van der Waals surface area contributed by atoms with Crippen LogP contribution in [0.25, 0.3) is 11.5 Å². The van der Waals surface area contributed by atoms with Gasteiger partial charge in [-0.25, -0.2) is 0 Å². The van der Waals surface area contributed by atoms with Gasteiger partial charge in [-0.05, 0) is 19.2 Å². The van der Waals surface area contributed by atoms with Gasteiger partial charge < -0.3 is 14.0 Å². The summed E-state index contributed by atoms with van der Waals surface area (Å²) >= 11 is 0. The number of nitrogens with zero attached hydrogens (tertiary/aromatic N) is 2. The lowest BCUT2D eigenvalue weighted by Crippen LogP contribution is -2.21. The van der Waals surface area contributed by atoms with Crippen LogP contribution in [0.2, 0.25) is 0 Å². The van der Waals surface area contributed by atoms with Gasteiger partial charge in [-0.3, -0.25) is 9.69 Å². The summed E-state index contributed by atoms with van der Waals surface area (Å²) in [7, 11) is 1.84. The van der Waals surface area contributed by atoms with E-state index in [2.05, 4.69) is 5.16 Å². The molecule has 6 nitrogen and oxygen atoms in total. The summed E-state index contributed by atoms with van der Waals surface area (Å²) in [5.74, 6) is 0.391. The fourth-order valence-corrected chi connectivity index (χ4v) is 1.56. The van der Waals surface area contributed by atoms with Crippen molar-refractivity contribution in [3.63, 3.8) is 0 Å². The third kappa shape index (κ3) is 3.21. The number of carboxylic acids is 1. The van der Waals surface area contributed by atoms with Crippen molar-refractivity contribution in [2.24, 2.45) is 0 Å². The normalized spacial score (nSPS) is 11.0. The van der Waals surface area contributed by atoms with Crippen LogP contribution in [0.1, 0.15) is 12.1 Å². The van der Waals surface area contributed by atoms with Gasteiger partial charge in [0.25, 0.3) is 0 Å². The molecule has 96 valence electrons. The van der Waals surface area contributed by atoms with Crippen LogP contribution in [0.3, 0.4) is 0 Å². The van der Waals surface area contributed by atoms with Gasteiger partial charge in [0.1, 0.15) is 0 Å². The third-order valence-electron chi connectivity index (χ3n) is 2.46. The number of aliphatic carboxylic acids is 1. The predicted molar refractivity (Wildman–Crippen MR) is 62.8 cm³/mol. The van der Waals surface area contributed by atoms with Crippen molar-refractivity contribution in [2.45, 2.75) is 13.0 Å². The SMILES string of the molecule is CN(CCC(=O)O)Cc1cc(-c2ccco2)on1. The van der Waals surface area contributed by atoms with E-state index in [1.165, 1.54) is 0 Å². The van der Waals surface area contributed by atoms with Crippen molar-refractivity contribution in [1.29, 1.82) is 0 Å². The number of hydrogen-bond acceptors (Lipinski definition) is 5. The van der Waals surface area contributed by atoms with Crippen LogP contribution in [0.5, 0.6) is 0 Å². The molecule has 6 heteroatoms. The molecule has 2 rings (SSSR count). The van der Waals surface area contributed by atoms with Crippen LogP contribution < -0.4 is 0 Å². The van der Waals surface area contributed by atoms with Gasteiger partial charge in [-0.15, -0.1) is 0 Å². The van der Waals surface area contributed by atoms with Gasteiger partial charge in [0.15, 0.2) is 5.76 Å². The smallest absolute Gasteiger partial charge is 0.304 e. The Bertz CT molecular complexity index is 504. The molecule has 0 atom stereocenters. The standard InChI is InChI=1S/C12H14N2O4/c1-14(5-4-12(15)16)8-9-7-11(18-13-9)10-3-2-6-17-10/h2-3,6-7H,4-5,8H2,1H3,(H,15,16). The van der Waals surface area contributed by atoms with Crippen LogP contribution in [0, 0.1) is 0 Å². The fraction of sp³-hybridized carbons (Fsp3) is 0.333. The molecule has 2 aromatic rings. The lowest BCUT2D eigenvalue weighted by atomic mass is 10.3. The molecule has 0 aromatic carbocycles. The van der Waals surface area contributed by atoms with E-state index in [4.69, 9.17) is 14.0 Å². The Morgan fingerprint density at radius 3 is 3.00 bits per heavy atom. The van der Waals surface area contributed by atoms with Crippen LogP contribution in [0.4, 0.5) is 0 Å². The molecule has 0 radical (unpaired) electrons. The number of carboxylic acid groups (broad SMARTS) is 1. The quantitative estimate of drug-likeness (QED) is 0.842. The maximum absolute atomic E-state index is 10.4. The molecular weight excluding hydrogens is 236 g/mol. The third-order valence-corrected chi connectivity index (χ3v) is 2.46. The molecule has 0 aliphatic carbocycles. The Morgan fingerprint density at radius 1 is 1.50 bits per heavy atom. The van der Waals surface area contributed by atoms with E-state index in [0.29, 0.717) is 24.6 Å². The molecule has 1 N–H and O–H groups in total. The van der Waals surface area contributed by atoms with E-state index in [1.807, 2.05) is 11.9 Å². The molecule has 0 bridgehead atoms. The molecule has 0 aliphatic rings. The lowest BCUT2D eigenvalue weighted by molar-refractivity contribution is -0.137. The molecule has 0 fully saturated rings. The predicted octanol–water partition coefficient (Wildman–Crippen LogP) is 1.84. The highest BCUT2D eigenvalue weighted by molar-refractivity contribution is 5.66. The highest BCUT2D eigenvalue weighted by Gasteiger charge is 2.11. The summed E-state index contributed by atoms with van der Waals surface area (Å²) < 4.78 is 10.3. The molecular formula is C12H14N2O4. The van der Waals surface area contributed by atoms with Gasteiger partial charge in [-0.1, -0.05) is 5.16 Å². The van der Waals surface area contributed by atoms with Crippen LogP contribution in [-0.2, 0) is 11.3 Å². The first-order valence-corrected chi connectivity index (χ1v) is 5.55. The maximum Gasteiger partial charge on any atom is 0.304 e. The lowest BCUT2D eigenvalue weighted by Gasteiger charge is -2.12. The summed E-state index contributed by atoms with van der Waals surface area (Å²) in [5, 5.41) is 12.5. The van der Waals surface area contributed by atoms with Crippen LogP contribution >= 0.6 is 0 Å². The second kappa shape index (κ2) is 5.50. The van der Waals surface area contributed by atoms with Gasteiger partial charge in [0.05, 0.1) is 18.4 Å². The van der Waals surface area contributed by atoms with E-state index in [-0.39, 0.29) is 6.42 Å². The Kier molecular flexibility index (Phi) is 3.78. The Labute approximate surface area is 104 Å². The van der Waals surface area contributed by atoms with Crippen molar-refractivity contribution in [3.8, 4) is 11.5 Å². The molecule has 0 spiro atoms. The van der Waals surface area contributed by atoms with E-state index in [0.717, 1.165) is 5.69 Å². The topological polar surface area (TPSA) is 79.7 Å². The summed E-state index contributed by atoms with van der Waals surface area (Å²) in [6.07, 6.45) is 1.68. The first-order chi connectivity index (χ1) is 8.65. The fourth-order valence-electron chi connectivity index (χ4n) is 1.56. The Morgan fingerprint density at radius 2 is 2.33 bits per heavy atom.